The molecule has 0 spiro atoms. The summed E-state index contributed by atoms with van der Waals surface area (Å²) in [6.45, 7) is 1.99. The van der Waals surface area contributed by atoms with Crippen LogP contribution >= 0.6 is 11.6 Å². The molecule has 2 rings (SSSR count). The summed E-state index contributed by atoms with van der Waals surface area (Å²) >= 11 is 5.89. The number of rotatable bonds is 6. The van der Waals surface area contributed by atoms with Crippen LogP contribution in [-0.2, 0) is 4.79 Å². The van der Waals surface area contributed by atoms with Crippen LogP contribution in [0.4, 0.5) is 5.69 Å². The van der Waals surface area contributed by atoms with Gasteiger partial charge in [-0.1, -0.05) is 11.6 Å². The van der Waals surface area contributed by atoms with Crippen LogP contribution in [0.3, 0.4) is 0 Å². The molecule has 0 aromatic heterocycles. The summed E-state index contributed by atoms with van der Waals surface area (Å²) in [7, 11) is 1.46. The van der Waals surface area contributed by atoms with Crippen molar-refractivity contribution >= 4 is 29.4 Å². The van der Waals surface area contributed by atoms with Crippen molar-refractivity contribution in [2.45, 2.75) is 6.92 Å². The number of benzene rings is 2. The van der Waals surface area contributed by atoms with Crippen LogP contribution in [0.5, 0.6) is 11.5 Å². The molecule has 0 unspecified atom stereocenters. The minimum Gasteiger partial charge on any atom is -0.504 e. The Labute approximate surface area is 145 Å². The number of nitrogens with zero attached hydrogens (tertiary/aromatic N) is 1. The van der Waals surface area contributed by atoms with E-state index in [4.69, 9.17) is 16.3 Å². The van der Waals surface area contributed by atoms with Gasteiger partial charge in [-0.05, 0) is 54.4 Å². The van der Waals surface area contributed by atoms with Gasteiger partial charge in [0.25, 0.3) is 5.91 Å². The van der Waals surface area contributed by atoms with E-state index in [0.29, 0.717) is 16.3 Å². The summed E-state index contributed by atoms with van der Waals surface area (Å²) in [5.41, 5.74) is 4.90. The molecule has 0 heterocycles. The van der Waals surface area contributed by atoms with Crippen LogP contribution in [0, 0.1) is 6.92 Å². The second-order valence-corrected chi connectivity index (χ2v) is 5.47. The second kappa shape index (κ2) is 8.21. The van der Waals surface area contributed by atoms with E-state index in [9.17, 15) is 9.90 Å². The van der Waals surface area contributed by atoms with Crippen molar-refractivity contribution < 1.29 is 14.6 Å². The van der Waals surface area contributed by atoms with Crippen molar-refractivity contribution in [3.63, 3.8) is 0 Å². The standard InChI is InChI=1S/C17H18ClN3O3/c1-11-7-13(18)4-5-14(11)19-10-17(23)21-20-9-12-3-6-15(22)16(8-12)24-2/h3-9,19,22H,10H2,1-2H3,(H,21,23)/b20-9+. The molecule has 0 saturated carbocycles. The number of aryl methyl sites for hydroxylation is 1. The molecule has 6 nitrogen and oxygen atoms in total. The zero-order valence-electron chi connectivity index (χ0n) is 13.3. The SMILES string of the molecule is COc1cc(/C=N/NC(=O)CNc2ccc(Cl)cc2C)ccc1O. The summed E-state index contributed by atoms with van der Waals surface area (Å²) in [5.74, 6) is 0.0951. The van der Waals surface area contributed by atoms with E-state index < -0.39 is 0 Å². The molecular weight excluding hydrogens is 330 g/mol. The molecule has 0 atom stereocenters. The molecule has 0 saturated heterocycles. The van der Waals surface area contributed by atoms with Crippen molar-refractivity contribution in [1.82, 2.24) is 5.43 Å². The van der Waals surface area contributed by atoms with Crippen LogP contribution in [0.1, 0.15) is 11.1 Å². The van der Waals surface area contributed by atoms with Gasteiger partial charge in [0, 0.05) is 10.7 Å². The lowest BCUT2D eigenvalue weighted by Gasteiger charge is -2.08. The summed E-state index contributed by atoms with van der Waals surface area (Å²) in [5, 5.41) is 17.0. The minimum atomic E-state index is -0.286. The minimum absolute atomic E-state index is 0.0428. The Balaban J connectivity index is 1.86. The van der Waals surface area contributed by atoms with Gasteiger partial charge < -0.3 is 15.2 Å². The first-order valence-corrected chi connectivity index (χ1v) is 7.56. The predicted octanol–water partition coefficient (Wildman–Crippen LogP) is 2.92. The first-order valence-electron chi connectivity index (χ1n) is 7.18. The maximum absolute atomic E-state index is 11.8. The number of amides is 1. The van der Waals surface area contributed by atoms with E-state index in [1.165, 1.54) is 19.4 Å². The van der Waals surface area contributed by atoms with Crippen LogP contribution in [0.2, 0.25) is 5.02 Å². The monoisotopic (exact) mass is 347 g/mol. The molecule has 0 bridgehead atoms. The molecule has 0 radical (unpaired) electrons. The van der Waals surface area contributed by atoms with Crippen LogP contribution in [0.25, 0.3) is 0 Å². The lowest BCUT2D eigenvalue weighted by molar-refractivity contribution is -0.119. The number of aromatic hydroxyl groups is 1. The number of methoxy groups -OCH3 is 1. The number of halogens is 1. The number of hydrogen-bond donors (Lipinski definition) is 3. The number of phenols is 1. The normalized spacial score (nSPS) is 10.6. The largest absolute Gasteiger partial charge is 0.504 e. The highest BCUT2D eigenvalue weighted by Crippen LogP contribution is 2.25. The first kappa shape index (κ1) is 17.6. The van der Waals surface area contributed by atoms with Gasteiger partial charge in [-0.3, -0.25) is 4.79 Å². The van der Waals surface area contributed by atoms with Crippen molar-refractivity contribution in [3.8, 4) is 11.5 Å². The second-order valence-electron chi connectivity index (χ2n) is 5.04. The Morgan fingerprint density at radius 1 is 1.33 bits per heavy atom. The zero-order chi connectivity index (χ0) is 17.5. The van der Waals surface area contributed by atoms with Gasteiger partial charge in [0.1, 0.15) is 0 Å². The number of nitrogens with one attached hydrogen (secondary N) is 2. The van der Waals surface area contributed by atoms with Gasteiger partial charge in [0.15, 0.2) is 11.5 Å². The maximum atomic E-state index is 11.8. The molecule has 0 aliphatic rings. The van der Waals surface area contributed by atoms with Crippen molar-refractivity contribution in [2.75, 3.05) is 19.0 Å². The van der Waals surface area contributed by atoms with Crippen LogP contribution in [0.15, 0.2) is 41.5 Å². The highest BCUT2D eigenvalue weighted by atomic mass is 35.5. The van der Waals surface area contributed by atoms with E-state index in [2.05, 4.69) is 15.8 Å². The Bertz CT molecular complexity index is 763. The highest BCUT2D eigenvalue weighted by molar-refractivity contribution is 6.30. The Morgan fingerprint density at radius 2 is 2.12 bits per heavy atom. The molecule has 24 heavy (non-hydrogen) atoms. The van der Waals surface area contributed by atoms with Gasteiger partial charge in [-0.15, -0.1) is 0 Å². The van der Waals surface area contributed by atoms with Gasteiger partial charge in [0.05, 0.1) is 19.9 Å². The summed E-state index contributed by atoms with van der Waals surface area (Å²) in [6, 6.07) is 10.1. The average Bonchev–Trinajstić information content (AvgIpc) is 2.55. The summed E-state index contributed by atoms with van der Waals surface area (Å²) in [4.78, 5) is 11.8. The third-order valence-corrected chi connectivity index (χ3v) is 3.47. The topological polar surface area (TPSA) is 83.0 Å². The van der Waals surface area contributed by atoms with Gasteiger partial charge in [-0.2, -0.15) is 5.10 Å². The molecular formula is C17H18ClN3O3. The molecule has 2 aromatic carbocycles. The fraction of sp³-hybridized carbons (Fsp3) is 0.176. The van der Waals surface area contributed by atoms with E-state index in [1.54, 1.807) is 18.2 Å². The average molecular weight is 348 g/mol. The van der Waals surface area contributed by atoms with Gasteiger partial charge >= 0.3 is 0 Å². The quantitative estimate of drug-likeness (QED) is 0.554. The van der Waals surface area contributed by atoms with E-state index in [0.717, 1.165) is 11.3 Å². The molecule has 7 heteroatoms. The Morgan fingerprint density at radius 3 is 2.83 bits per heavy atom. The van der Waals surface area contributed by atoms with E-state index in [1.807, 2.05) is 19.1 Å². The predicted molar refractivity (Wildman–Crippen MR) is 95.1 cm³/mol. The number of carbonyl (C=O) groups is 1. The molecule has 0 aliphatic carbocycles. The first-order chi connectivity index (χ1) is 11.5. The number of phenolic OH excluding ortho intramolecular Hbond substituents is 1. The fourth-order valence-electron chi connectivity index (χ4n) is 1.99. The number of anilines is 1. The lowest BCUT2D eigenvalue weighted by Crippen LogP contribution is -2.26. The molecule has 2 aromatic rings. The van der Waals surface area contributed by atoms with E-state index >= 15 is 0 Å². The van der Waals surface area contributed by atoms with Crippen molar-refractivity contribution in [3.05, 3.63) is 52.5 Å². The smallest absolute Gasteiger partial charge is 0.259 e. The third kappa shape index (κ3) is 4.89. The maximum Gasteiger partial charge on any atom is 0.259 e. The van der Waals surface area contributed by atoms with Crippen LogP contribution in [-0.4, -0.2) is 30.9 Å². The molecule has 1 amide bonds. The lowest BCUT2D eigenvalue weighted by atomic mass is 10.2. The number of hydrogen-bond acceptors (Lipinski definition) is 5. The van der Waals surface area contributed by atoms with Gasteiger partial charge in [-0.25, -0.2) is 5.43 Å². The van der Waals surface area contributed by atoms with Crippen LogP contribution < -0.4 is 15.5 Å². The molecule has 3 N–H and O–H groups in total. The van der Waals surface area contributed by atoms with Gasteiger partial charge in [0.2, 0.25) is 0 Å². The Kier molecular flexibility index (Phi) is 6.03. The third-order valence-electron chi connectivity index (χ3n) is 3.23. The highest BCUT2D eigenvalue weighted by Gasteiger charge is 2.03. The number of ether oxygens (including phenoxy) is 1. The molecule has 0 fully saturated rings. The Hall–Kier alpha value is -2.73. The number of hydrazone groups is 1. The van der Waals surface area contributed by atoms with Crippen molar-refractivity contribution in [1.29, 1.82) is 0 Å². The number of carbonyl (C=O) groups excluding carboxylic acids is 1. The summed E-state index contributed by atoms with van der Waals surface area (Å²) in [6.07, 6.45) is 1.47. The summed E-state index contributed by atoms with van der Waals surface area (Å²) < 4.78 is 5.00. The van der Waals surface area contributed by atoms with E-state index in [-0.39, 0.29) is 18.2 Å². The van der Waals surface area contributed by atoms with Crippen molar-refractivity contribution in [2.24, 2.45) is 5.10 Å². The molecule has 126 valence electrons. The fourth-order valence-corrected chi connectivity index (χ4v) is 2.22. The zero-order valence-corrected chi connectivity index (χ0v) is 14.1. The molecule has 0 aliphatic heterocycles.